The van der Waals surface area contributed by atoms with Gasteiger partial charge in [0.15, 0.2) is 5.78 Å². The second-order valence-corrected chi connectivity index (χ2v) is 8.71. The van der Waals surface area contributed by atoms with Crippen LogP contribution in [0.2, 0.25) is 0 Å². The Labute approximate surface area is 139 Å². The first-order valence-corrected chi connectivity index (χ1v) is 9.98. The molecule has 0 aliphatic heterocycles. The van der Waals surface area contributed by atoms with Crippen molar-refractivity contribution in [3.8, 4) is 5.75 Å². The predicted molar refractivity (Wildman–Crippen MR) is 90.0 cm³/mol. The number of hydrogen-bond donors (Lipinski definition) is 3. The van der Waals surface area contributed by atoms with E-state index in [9.17, 15) is 22.5 Å². The second kappa shape index (κ2) is 8.53. The lowest BCUT2D eigenvalue weighted by Crippen LogP contribution is -2.39. The largest absolute Gasteiger partial charge is 0.507 e. The van der Waals surface area contributed by atoms with E-state index in [1.165, 1.54) is 18.4 Å². The molecule has 1 aromatic rings. The minimum Gasteiger partial charge on any atom is -0.507 e. The standard InChI is InChI=1S/C13H19NO3S.CH4O3S/c1-13(2,3)14-8-11(16)9-5-6-10(15)12(7-9)18(4)17;1-5(2,3)4/h5-7,14-15H,8H2,1-4H3;1H3,(H,2,3,4). The number of carbonyl (C=O) groups excluding carboxylic acids is 1. The maximum Gasteiger partial charge on any atom is 0.261 e. The quantitative estimate of drug-likeness (QED) is 0.541. The highest BCUT2D eigenvalue weighted by Crippen LogP contribution is 2.21. The van der Waals surface area contributed by atoms with Gasteiger partial charge in [-0.3, -0.25) is 13.6 Å². The van der Waals surface area contributed by atoms with Crippen LogP contribution < -0.4 is 5.32 Å². The van der Waals surface area contributed by atoms with Crippen LogP contribution in [0.1, 0.15) is 31.1 Å². The summed E-state index contributed by atoms with van der Waals surface area (Å²) in [5, 5.41) is 12.6. The highest BCUT2D eigenvalue weighted by Gasteiger charge is 2.14. The number of benzene rings is 1. The van der Waals surface area contributed by atoms with Crippen LogP contribution in [0.25, 0.3) is 0 Å². The fraction of sp³-hybridized carbons (Fsp3) is 0.500. The Balaban J connectivity index is 0.000000841. The van der Waals surface area contributed by atoms with Gasteiger partial charge in [0.05, 0.1) is 28.5 Å². The Morgan fingerprint density at radius 3 is 2.17 bits per heavy atom. The summed E-state index contributed by atoms with van der Waals surface area (Å²) in [6.07, 6.45) is 2.18. The van der Waals surface area contributed by atoms with Gasteiger partial charge in [0.25, 0.3) is 10.1 Å². The summed E-state index contributed by atoms with van der Waals surface area (Å²) in [6, 6.07) is 4.43. The van der Waals surface area contributed by atoms with Crippen LogP contribution >= 0.6 is 0 Å². The van der Waals surface area contributed by atoms with E-state index >= 15 is 0 Å². The molecule has 1 unspecified atom stereocenters. The topological polar surface area (TPSA) is 121 Å². The lowest BCUT2D eigenvalue weighted by Gasteiger charge is -2.19. The Morgan fingerprint density at radius 2 is 1.78 bits per heavy atom. The van der Waals surface area contributed by atoms with E-state index in [2.05, 4.69) is 5.32 Å². The first-order chi connectivity index (χ1) is 10.2. The van der Waals surface area contributed by atoms with Crippen LogP contribution in [0, 0.1) is 0 Å². The molecule has 0 heterocycles. The van der Waals surface area contributed by atoms with Crippen molar-refractivity contribution in [2.24, 2.45) is 0 Å². The number of Topliss-reactive ketones (excluding diaryl/α,β-unsaturated/α-hetero) is 1. The maximum atomic E-state index is 11.9. The van der Waals surface area contributed by atoms with Crippen molar-refractivity contribution in [3.63, 3.8) is 0 Å². The van der Waals surface area contributed by atoms with Crippen LogP contribution in [-0.4, -0.2) is 52.7 Å². The number of phenolic OH excluding ortho intramolecular Hbond substituents is 1. The van der Waals surface area contributed by atoms with Crippen molar-refractivity contribution in [2.75, 3.05) is 19.1 Å². The van der Waals surface area contributed by atoms with E-state index in [0.29, 0.717) is 11.8 Å². The molecule has 0 radical (unpaired) electrons. The Morgan fingerprint density at radius 1 is 1.30 bits per heavy atom. The molecule has 1 rings (SSSR count). The molecule has 0 aromatic heterocycles. The van der Waals surface area contributed by atoms with Crippen LogP contribution in [-0.2, 0) is 20.9 Å². The molecule has 0 saturated carbocycles. The smallest absolute Gasteiger partial charge is 0.261 e. The molecule has 9 heteroatoms. The van der Waals surface area contributed by atoms with Crippen molar-refractivity contribution in [1.29, 1.82) is 0 Å². The Kier molecular flexibility index (Phi) is 8.05. The third-order valence-corrected chi connectivity index (χ3v) is 3.32. The molecule has 0 fully saturated rings. The summed E-state index contributed by atoms with van der Waals surface area (Å²) in [4.78, 5) is 12.2. The molecule has 7 nitrogen and oxygen atoms in total. The van der Waals surface area contributed by atoms with Crippen molar-refractivity contribution < 1.29 is 27.1 Å². The monoisotopic (exact) mass is 365 g/mol. The molecule has 0 amide bonds. The van der Waals surface area contributed by atoms with Gasteiger partial charge in [0.1, 0.15) is 5.75 Å². The summed E-state index contributed by atoms with van der Waals surface area (Å²) in [5.41, 5.74) is 0.318. The zero-order valence-corrected chi connectivity index (χ0v) is 15.4. The second-order valence-electron chi connectivity index (χ2n) is 5.90. The summed E-state index contributed by atoms with van der Waals surface area (Å²) in [5.74, 6) is -0.132. The van der Waals surface area contributed by atoms with Gasteiger partial charge in [-0.05, 0) is 39.0 Å². The highest BCUT2D eigenvalue weighted by molar-refractivity contribution is 7.85. The third kappa shape index (κ3) is 11.0. The van der Waals surface area contributed by atoms with E-state index < -0.39 is 20.9 Å². The van der Waals surface area contributed by atoms with E-state index in [1.807, 2.05) is 20.8 Å². The van der Waals surface area contributed by atoms with Crippen molar-refractivity contribution in [2.45, 2.75) is 31.2 Å². The fourth-order valence-electron chi connectivity index (χ4n) is 1.37. The molecule has 0 aliphatic carbocycles. The summed E-state index contributed by atoms with van der Waals surface area (Å²) >= 11 is 0. The molecule has 0 aliphatic rings. The Bertz CT molecular complexity index is 669. The molecule has 3 N–H and O–H groups in total. The van der Waals surface area contributed by atoms with Crippen LogP contribution in [0.15, 0.2) is 23.1 Å². The molecular formula is C14H23NO6S2. The normalized spacial score (nSPS) is 13.0. The molecule has 132 valence electrons. The highest BCUT2D eigenvalue weighted by atomic mass is 32.2. The summed E-state index contributed by atoms with van der Waals surface area (Å²) in [6.45, 7) is 6.14. The van der Waals surface area contributed by atoms with Gasteiger partial charge in [-0.1, -0.05) is 0 Å². The van der Waals surface area contributed by atoms with Crippen molar-refractivity contribution in [3.05, 3.63) is 23.8 Å². The number of carbonyl (C=O) groups is 1. The zero-order chi connectivity index (χ0) is 18.4. The van der Waals surface area contributed by atoms with Crippen LogP contribution in [0.5, 0.6) is 5.75 Å². The molecule has 1 aromatic carbocycles. The lowest BCUT2D eigenvalue weighted by atomic mass is 10.1. The van der Waals surface area contributed by atoms with Gasteiger partial charge in [-0.15, -0.1) is 0 Å². The van der Waals surface area contributed by atoms with Gasteiger partial charge < -0.3 is 10.4 Å². The molecule has 0 bridgehead atoms. The average molecular weight is 365 g/mol. The predicted octanol–water partition coefficient (Wildman–Crippen LogP) is 1.20. The number of phenols is 1. The van der Waals surface area contributed by atoms with Gasteiger partial charge in [-0.2, -0.15) is 8.42 Å². The minimum absolute atomic E-state index is 0.0452. The van der Waals surface area contributed by atoms with E-state index in [-0.39, 0.29) is 28.5 Å². The minimum atomic E-state index is -3.67. The lowest BCUT2D eigenvalue weighted by molar-refractivity contribution is 0.0981. The number of nitrogens with one attached hydrogen (secondary N) is 1. The van der Waals surface area contributed by atoms with Crippen LogP contribution in [0.3, 0.4) is 0 Å². The van der Waals surface area contributed by atoms with Gasteiger partial charge in [0, 0.05) is 17.4 Å². The van der Waals surface area contributed by atoms with Gasteiger partial charge in [0.2, 0.25) is 0 Å². The zero-order valence-electron chi connectivity index (χ0n) is 13.8. The van der Waals surface area contributed by atoms with Gasteiger partial charge in [-0.25, -0.2) is 0 Å². The van der Waals surface area contributed by atoms with E-state index in [0.717, 1.165) is 0 Å². The SMILES string of the molecule is CS(=O)(=O)O.CS(=O)c1cc(C(=O)CNC(C)(C)C)ccc1O. The average Bonchev–Trinajstić information content (AvgIpc) is 2.33. The molecule has 0 saturated heterocycles. The van der Waals surface area contributed by atoms with E-state index in [1.54, 1.807) is 6.07 Å². The Hall–Kier alpha value is -1.29. The third-order valence-electron chi connectivity index (χ3n) is 2.37. The molecular weight excluding hydrogens is 342 g/mol. The molecule has 1 atom stereocenters. The first-order valence-electron chi connectivity index (χ1n) is 6.58. The number of hydrogen-bond acceptors (Lipinski definition) is 6. The maximum absolute atomic E-state index is 11.9. The van der Waals surface area contributed by atoms with Gasteiger partial charge >= 0.3 is 0 Å². The number of aromatic hydroxyl groups is 1. The molecule has 0 spiro atoms. The summed E-state index contributed by atoms with van der Waals surface area (Å²) < 4.78 is 37.3. The van der Waals surface area contributed by atoms with Crippen molar-refractivity contribution >= 4 is 26.7 Å². The number of rotatable bonds is 4. The first kappa shape index (κ1) is 21.7. The summed E-state index contributed by atoms with van der Waals surface area (Å²) in [7, 11) is -4.98. The molecule has 23 heavy (non-hydrogen) atoms. The fourth-order valence-corrected chi connectivity index (χ4v) is 2.02. The van der Waals surface area contributed by atoms with Crippen LogP contribution in [0.4, 0.5) is 0 Å². The number of ketones is 1. The van der Waals surface area contributed by atoms with Crippen molar-refractivity contribution in [1.82, 2.24) is 5.32 Å². The van der Waals surface area contributed by atoms with E-state index in [4.69, 9.17) is 4.55 Å².